The highest BCUT2D eigenvalue weighted by Crippen LogP contribution is 2.20. The van der Waals surface area contributed by atoms with E-state index in [2.05, 4.69) is 15.2 Å². The van der Waals surface area contributed by atoms with Crippen LogP contribution in [-0.4, -0.2) is 33.0 Å². The van der Waals surface area contributed by atoms with E-state index in [4.69, 9.17) is 17.3 Å². The predicted octanol–water partition coefficient (Wildman–Crippen LogP) is 1.31. The lowest BCUT2D eigenvalue weighted by Gasteiger charge is -2.15. The summed E-state index contributed by atoms with van der Waals surface area (Å²) < 4.78 is 0. The van der Waals surface area contributed by atoms with Gasteiger partial charge in [-0.1, -0.05) is 11.6 Å². The zero-order valence-corrected chi connectivity index (χ0v) is 10.5. The molecule has 0 aliphatic carbocycles. The highest BCUT2D eigenvalue weighted by Gasteiger charge is 2.14. The van der Waals surface area contributed by atoms with E-state index >= 15 is 0 Å². The van der Waals surface area contributed by atoms with E-state index in [1.54, 1.807) is 25.2 Å². The molecule has 1 aromatic carbocycles. The van der Waals surface area contributed by atoms with Gasteiger partial charge in [0.1, 0.15) is 12.2 Å². The minimum Gasteiger partial charge on any atom is -0.398 e. The van der Waals surface area contributed by atoms with Gasteiger partial charge < -0.3 is 10.6 Å². The molecule has 6 nitrogen and oxygen atoms in total. The molecule has 2 rings (SSSR count). The zero-order valence-electron chi connectivity index (χ0n) is 9.72. The fraction of sp³-hybridized carbons (Fsp3) is 0.182. The van der Waals surface area contributed by atoms with Crippen LogP contribution in [0.4, 0.5) is 5.69 Å². The number of nitrogens with zero attached hydrogens (tertiary/aromatic N) is 3. The van der Waals surface area contributed by atoms with E-state index in [0.29, 0.717) is 28.6 Å². The van der Waals surface area contributed by atoms with Gasteiger partial charge >= 0.3 is 0 Å². The average molecular weight is 266 g/mol. The molecule has 1 heterocycles. The minimum absolute atomic E-state index is 0.158. The molecule has 18 heavy (non-hydrogen) atoms. The standard InChI is InChI=1S/C11H12ClN5O/c1-17(5-10-14-6-15-16-10)11(18)7-2-3-8(12)9(13)4-7/h2-4,6H,5,13H2,1H3,(H,14,15,16). The van der Waals surface area contributed by atoms with Gasteiger partial charge in [0.2, 0.25) is 0 Å². The van der Waals surface area contributed by atoms with E-state index in [1.165, 1.54) is 11.2 Å². The molecule has 0 aliphatic heterocycles. The summed E-state index contributed by atoms with van der Waals surface area (Å²) in [5, 5.41) is 6.85. The Morgan fingerprint density at radius 1 is 1.56 bits per heavy atom. The normalized spacial score (nSPS) is 10.3. The molecule has 0 spiro atoms. The van der Waals surface area contributed by atoms with Crippen LogP contribution < -0.4 is 5.73 Å². The molecule has 1 amide bonds. The molecule has 7 heteroatoms. The van der Waals surface area contributed by atoms with E-state index in [9.17, 15) is 4.79 Å². The lowest BCUT2D eigenvalue weighted by molar-refractivity contribution is 0.0782. The van der Waals surface area contributed by atoms with Crippen molar-refractivity contribution in [2.24, 2.45) is 0 Å². The van der Waals surface area contributed by atoms with E-state index < -0.39 is 0 Å². The molecule has 0 saturated carbocycles. The largest absolute Gasteiger partial charge is 0.398 e. The van der Waals surface area contributed by atoms with Gasteiger partial charge in [0.05, 0.1) is 17.3 Å². The SMILES string of the molecule is CN(Cc1ncn[nH]1)C(=O)c1ccc(Cl)c(N)c1. The first kappa shape index (κ1) is 12.4. The Balaban J connectivity index is 2.12. The summed E-state index contributed by atoms with van der Waals surface area (Å²) in [5.41, 5.74) is 6.53. The van der Waals surface area contributed by atoms with Crippen molar-refractivity contribution in [3.05, 3.63) is 40.9 Å². The van der Waals surface area contributed by atoms with Crippen molar-refractivity contribution in [2.75, 3.05) is 12.8 Å². The Bertz CT molecular complexity index is 555. The molecule has 1 aromatic heterocycles. The van der Waals surface area contributed by atoms with Crippen molar-refractivity contribution < 1.29 is 4.79 Å². The molecule has 0 saturated heterocycles. The van der Waals surface area contributed by atoms with Crippen LogP contribution in [0.2, 0.25) is 5.02 Å². The number of nitrogens with two attached hydrogens (primary N) is 1. The smallest absolute Gasteiger partial charge is 0.254 e. The highest BCUT2D eigenvalue weighted by molar-refractivity contribution is 6.33. The molecule has 2 aromatic rings. The van der Waals surface area contributed by atoms with Crippen LogP contribution in [0, 0.1) is 0 Å². The first-order chi connectivity index (χ1) is 8.58. The van der Waals surface area contributed by atoms with Gasteiger partial charge in [-0.05, 0) is 18.2 Å². The number of halogens is 1. The number of hydrogen-bond acceptors (Lipinski definition) is 4. The summed E-state index contributed by atoms with van der Waals surface area (Å²) in [7, 11) is 1.68. The molecule has 94 valence electrons. The summed E-state index contributed by atoms with van der Waals surface area (Å²) in [6.07, 6.45) is 1.40. The number of amides is 1. The fourth-order valence-electron chi connectivity index (χ4n) is 1.50. The highest BCUT2D eigenvalue weighted by atomic mass is 35.5. The van der Waals surface area contributed by atoms with Crippen LogP contribution in [0.3, 0.4) is 0 Å². The number of aromatic nitrogens is 3. The van der Waals surface area contributed by atoms with Gasteiger partial charge in [-0.15, -0.1) is 0 Å². The maximum Gasteiger partial charge on any atom is 0.254 e. The van der Waals surface area contributed by atoms with Crippen molar-refractivity contribution in [1.82, 2.24) is 20.1 Å². The number of hydrogen-bond donors (Lipinski definition) is 2. The minimum atomic E-state index is -0.158. The van der Waals surface area contributed by atoms with E-state index in [-0.39, 0.29) is 5.91 Å². The van der Waals surface area contributed by atoms with Crippen LogP contribution in [0.25, 0.3) is 0 Å². The third-order valence-electron chi connectivity index (χ3n) is 2.44. The maximum atomic E-state index is 12.1. The monoisotopic (exact) mass is 265 g/mol. The number of nitrogen functional groups attached to an aromatic ring is 1. The molecule has 0 radical (unpaired) electrons. The van der Waals surface area contributed by atoms with Gasteiger partial charge in [0, 0.05) is 12.6 Å². The summed E-state index contributed by atoms with van der Waals surface area (Å²) in [6, 6.07) is 4.80. The number of nitrogens with one attached hydrogen (secondary N) is 1. The second-order valence-corrected chi connectivity index (χ2v) is 4.24. The maximum absolute atomic E-state index is 12.1. The second kappa shape index (κ2) is 5.05. The molecule has 0 fully saturated rings. The Morgan fingerprint density at radius 3 is 2.94 bits per heavy atom. The fourth-order valence-corrected chi connectivity index (χ4v) is 1.62. The summed E-state index contributed by atoms with van der Waals surface area (Å²) in [6.45, 7) is 0.349. The Hall–Kier alpha value is -2.08. The van der Waals surface area contributed by atoms with Crippen LogP contribution in [0.1, 0.15) is 16.2 Å². The van der Waals surface area contributed by atoms with Gasteiger partial charge in [-0.2, -0.15) is 5.10 Å². The van der Waals surface area contributed by atoms with Crippen molar-refractivity contribution in [2.45, 2.75) is 6.54 Å². The third-order valence-corrected chi connectivity index (χ3v) is 2.79. The number of anilines is 1. The Kier molecular flexibility index (Phi) is 3.47. The summed E-state index contributed by atoms with van der Waals surface area (Å²) in [5.74, 6) is 0.461. The first-order valence-electron chi connectivity index (χ1n) is 5.22. The number of aromatic amines is 1. The zero-order chi connectivity index (χ0) is 13.1. The number of benzene rings is 1. The van der Waals surface area contributed by atoms with Crippen LogP contribution in [-0.2, 0) is 6.54 Å². The number of carbonyl (C=O) groups is 1. The molecule has 0 aliphatic rings. The molecule has 0 unspecified atom stereocenters. The van der Waals surface area contributed by atoms with Crippen LogP contribution in [0.5, 0.6) is 0 Å². The summed E-state index contributed by atoms with van der Waals surface area (Å²) >= 11 is 5.81. The van der Waals surface area contributed by atoms with Crippen LogP contribution >= 0.6 is 11.6 Å². The number of H-pyrrole nitrogens is 1. The summed E-state index contributed by atoms with van der Waals surface area (Å²) in [4.78, 5) is 17.6. The predicted molar refractivity (Wildman–Crippen MR) is 68.0 cm³/mol. The van der Waals surface area contributed by atoms with Gasteiger partial charge in [0.15, 0.2) is 0 Å². The average Bonchev–Trinajstić information content (AvgIpc) is 2.84. The first-order valence-corrected chi connectivity index (χ1v) is 5.60. The molecule has 0 atom stereocenters. The lowest BCUT2D eigenvalue weighted by Crippen LogP contribution is -2.26. The van der Waals surface area contributed by atoms with E-state index in [1.807, 2.05) is 0 Å². The van der Waals surface area contributed by atoms with Crippen molar-refractivity contribution >= 4 is 23.2 Å². The molecular weight excluding hydrogens is 254 g/mol. The molecule has 3 N–H and O–H groups in total. The van der Waals surface area contributed by atoms with E-state index in [0.717, 1.165) is 0 Å². The number of rotatable bonds is 3. The Labute approximate surface area is 109 Å². The molecular formula is C11H12ClN5O. The topological polar surface area (TPSA) is 87.9 Å². The van der Waals surface area contributed by atoms with Crippen LogP contribution in [0.15, 0.2) is 24.5 Å². The second-order valence-electron chi connectivity index (χ2n) is 3.83. The number of carbonyl (C=O) groups excluding carboxylic acids is 1. The van der Waals surface area contributed by atoms with Gasteiger partial charge in [0.25, 0.3) is 5.91 Å². The third kappa shape index (κ3) is 2.60. The lowest BCUT2D eigenvalue weighted by atomic mass is 10.2. The molecule has 0 bridgehead atoms. The van der Waals surface area contributed by atoms with Crippen molar-refractivity contribution in [3.8, 4) is 0 Å². The quantitative estimate of drug-likeness (QED) is 0.819. The Morgan fingerprint density at radius 2 is 2.33 bits per heavy atom. The van der Waals surface area contributed by atoms with Crippen molar-refractivity contribution in [3.63, 3.8) is 0 Å². The van der Waals surface area contributed by atoms with Gasteiger partial charge in [-0.25, -0.2) is 4.98 Å². The van der Waals surface area contributed by atoms with Crippen molar-refractivity contribution in [1.29, 1.82) is 0 Å². The van der Waals surface area contributed by atoms with Gasteiger partial charge in [-0.3, -0.25) is 9.89 Å².